The van der Waals surface area contributed by atoms with E-state index in [0.717, 1.165) is 55.8 Å². The molecule has 5 nitrogen and oxygen atoms in total. The summed E-state index contributed by atoms with van der Waals surface area (Å²) in [6.07, 6.45) is 0. The summed E-state index contributed by atoms with van der Waals surface area (Å²) in [7, 11) is 0. The molecule has 0 atom stereocenters. The first-order valence-electron chi connectivity index (χ1n) is 21.1. The molecular formula is C57H35N5. The lowest BCUT2D eigenvalue weighted by Crippen LogP contribution is -2.25. The first-order valence-corrected chi connectivity index (χ1v) is 21.1. The monoisotopic (exact) mass is 789 g/mol. The Morgan fingerprint density at radius 1 is 0.323 bits per heavy atom. The molecule has 288 valence electrons. The number of hydrogen-bond donors (Lipinski definition) is 0. The lowest BCUT2D eigenvalue weighted by atomic mass is 9.70. The molecular weight excluding hydrogens is 755 g/mol. The highest BCUT2D eigenvalue weighted by Crippen LogP contribution is 2.63. The van der Waals surface area contributed by atoms with E-state index < -0.39 is 5.41 Å². The number of benzene rings is 8. The smallest absolute Gasteiger partial charge is 0.164 e. The van der Waals surface area contributed by atoms with Crippen LogP contribution in [-0.4, -0.2) is 24.3 Å². The van der Waals surface area contributed by atoms with Gasteiger partial charge < -0.3 is 0 Å². The van der Waals surface area contributed by atoms with E-state index in [1.165, 1.54) is 44.5 Å². The van der Waals surface area contributed by atoms with Gasteiger partial charge in [-0.2, -0.15) is 0 Å². The number of para-hydroxylation sites is 1. The second-order valence-corrected chi connectivity index (χ2v) is 16.2. The van der Waals surface area contributed by atoms with Crippen LogP contribution in [0.3, 0.4) is 0 Å². The second kappa shape index (κ2) is 13.4. The highest BCUT2D eigenvalue weighted by molar-refractivity contribution is 5.96. The van der Waals surface area contributed by atoms with Crippen LogP contribution < -0.4 is 0 Å². The highest BCUT2D eigenvalue weighted by atomic mass is 15.0. The molecule has 3 heterocycles. The molecule has 0 aliphatic heterocycles. The first kappa shape index (κ1) is 34.6. The van der Waals surface area contributed by atoms with Crippen molar-refractivity contribution in [3.8, 4) is 78.9 Å². The van der Waals surface area contributed by atoms with E-state index in [9.17, 15) is 0 Å². The summed E-state index contributed by atoms with van der Waals surface area (Å²) in [5.41, 5.74) is 18.6. The molecule has 0 saturated carbocycles. The Balaban J connectivity index is 0.976. The van der Waals surface area contributed by atoms with Crippen molar-refractivity contribution in [1.82, 2.24) is 24.3 Å². The third kappa shape index (κ3) is 4.96. The SMILES string of the molecule is c1ccc(-c2nc(-c3ccc(-c4nc5ccc6ccccc6n5c4-c4ccccc4)cc3)nc(-c3ccc4c(c3)C3(c5ccccc5-c5ccccc53)c3ccccc3-4)n2)cc1. The fourth-order valence-electron chi connectivity index (χ4n) is 10.2. The van der Waals surface area contributed by atoms with Gasteiger partial charge in [-0.05, 0) is 74.2 Å². The quantitative estimate of drug-likeness (QED) is 0.174. The van der Waals surface area contributed by atoms with E-state index in [4.69, 9.17) is 19.9 Å². The first-order chi connectivity index (χ1) is 30.7. The van der Waals surface area contributed by atoms with E-state index in [-0.39, 0.29) is 0 Å². The lowest BCUT2D eigenvalue weighted by molar-refractivity contribution is 0.794. The molecule has 0 bridgehead atoms. The summed E-state index contributed by atoms with van der Waals surface area (Å²) in [5.74, 6) is 1.87. The van der Waals surface area contributed by atoms with E-state index in [1.54, 1.807) is 0 Å². The molecule has 0 N–H and O–H groups in total. The van der Waals surface area contributed by atoms with E-state index in [2.05, 4.69) is 199 Å². The molecule has 8 aromatic carbocycles. The zero-order valence-electron chi connectivity index (χ0n) is 33.4. The van der Waals surface area contributed by atoms with Crippen molar-refractivity contribution in [3.05, 3.63) is 235 Å². The second-order valence-electron chi connectivity index (χ2n) is 16.2. The number of pyridine rings is 1. The van der Waals surface area contributed by atoms with Crippen LogP contribution in [0.4, 0.5) is 0 Å². The van der Waals surface area contributed by atoms with Crippen molar-refractivity contribution in [2.75, 3.05) is 0 Å². The number of imidazole rings is 1. The lowest BCUT2D eigenvalue weighted by Gasteiger charge is -2.30. The van der Waals surface area contributed by atoms with Crippen LogP contribution in [0.1, 0.15) is 22.3 Å². The van der Waals surface area contributed by atoms with Crippen LogP contribution in [0.25, 0.3) is 95.5 Å². The van der Waals surface area contributed by atoms with Gasteiger partial charge in [-0.3, -0.25) is 4.40 Å². The fraction of sp³-hybridized carbons (Fsp3) is 0.0175. The van der Waals surface area contributed by atoms with Gasteiger partial charge in [0.15, 0.2) is 17.5 Å². The van der Waals surface area contributed by atoms with Gasteiger partial charge >= 0.3 is 0 Å². The molecule has 1 spiro atoms. The van der Waals surface area contributed by atoms with Gasteiger partial charge in [0.2, 0.25) is 0 Å². The topological polar surface area (TPSA) is 56.0 Å². The van der Waals surface area contributed by atoms with Crippen LogP contribution in [0, 0.1) is 0 Å². The van der Waals surface area contributed by atoms with E-state index in [0.29, 0.717) is 17.5 Å². The van der Waals surface area contributed by atoms with Crippen molar-refractivity contribution >= 4 is 16.6 Å². The Morgan fingerprint density at radius 3 is 1.42 bits per heavy atom. The maximum Gasteiger partial charge on any atom is 0.164 e. The Bertz CT molecular complexity index is 3510. The average molecular weight is 790 g/mol. The minimum absolute atomic E-state index is 0.466. The van der Waals surface area contributed by atoms with Crippen LogP contribution >= 0.6 is 0 Å². The number of hydrogen-bond acceptors (Lipinski definition) is 4. The molecule has 5 heteroatoms. The maximum absolute atomic E-state index is 5.27. The van der Waals surface area contributed by atoms with Gasteiger partial charge in [0.05, 0.1) is 22.3 Å². The van der Waals surface area contributed by atoms with Crippen LogP contribution in [0.15, 0.2) is 212 Å². The third-order valence-electron chi connectivity index (χ3n) is 12.9. The molecule has 0 radical (unpaired) electrons. The molecule has 11 aromatic rings. The zero-order chi connectivity index (χ0) is 40.8. The highest BCUT2D eigenvalue weighted by Gasteiger charge is 2.51. The third-order valence-corrected chi connectivity index (χ3v) is 12.9. The molecule has 0 unspecified atom stereocenters. The van der Waals surface area contributed by atoms with E-state index in [1.807, 2.05) is 18.2 Å². The largest absolute Gasteiger partial charge is 0.292 e. The summed E-state index contributed by atoms with van der Waals surface area (Å²) < 4.78 is 2.28. The summed E-state index contributed by atoms with van der Waals surface area (Å²) in [6.45, 7) is 0. The van der Waals surface area contributed by atoms with Gasteiger partial charge in [-0.25, -0.2) is 19.9 Å². The summed E-state index contributed by atoms with van der Waals surface area (Å²) in [6, 6.07) is 75.5. The number of nitrogens with zero attached hydrogens (tertiary/aromatic N) is 5. The minimum atomic E-state index is -0.466. The molecule has 0 amide bonds. The summed E-state index contributed by atoms with van der Waals surface area (Å²) >= 11 is 0. The molecule has 3 aromatic heterocycles. The van der Waals surface area contributed by atoms with Crippen molar-refractivity contribution in [2.24, 2.45) is 0 Å². The molecule has 0 fully saturated rings. The van der Waals surface area contributed by atoms with Gasteiger partial charge in [0.25, 0.3) is 0 Å². The van der Waals surface area contributed by atoms with Crippen molar-refractivity contribution in [2.45, 2.75) is 5.41 Å². The Hall–Kier alpha value is -8.28. The van der Waals surface area contributed by atoms with Crippen LogP contribution in [0.2, 0.25) is 0 Å². The van der Waals surface area contributed by atoms with E-state index >= 15 is 0 Å². The molecule has 13 rings (SSSR count). The number of rotatable bonds is 5. The van der Waals surface area contributed by atoms with Crippen molar-refractivity contribution in [3.63, 3.8) is 0 Å². The Morgan fingerprint density at radius 2 is 0.790 bits per heavy atom. The molecule has 2 aliphatic rings. The molecule has 62 heavy (non-hydrogen) atoms. The Kier molecular flexibility index (Phi) is 7.45. The summed E-state index contributed by atoms with van der Waals surface area (Å²) in [4.78, 5) is 20.8. The van der Waals surface area contributed by atoms with Gasteiger partial charge in [-0.1, -0.05) is 188 Å². The van der Waals surface area contributed by atoms with Gasteiger partial charge in [0.1, 0.15) is 5.65 Å². The van der Waals surface area contributed by atoms with Crippen molar-refractivity contribution < 1.29 is 0 Å². The fourth-order valence-corrected chi connectivity index (χ4v) is 10.2. The normalized spacial score (nSPS) is 13.0. The summed E-state index contributed by atoms with van der Waals surface area (Å²) in [5, 5.41) is 1.16. The predicted molar refractivity (Wildman–Crippen MR) is 250 cm³/mol. The van der Waals surface area contributed by atoms with Gasteiger partial charge in [0, 0.05) is 27.8 Å². The van der Waals surface area contributed by atoms with Crippen molar-refractivity contribution in [1.29, 1.82) is 0 Å². The van der Waals surface area contributed by atoms with Crippen LogP contribution in [-0.2, 0) is 5.41 Å². The predicted octanol–water partition coefficient (Wildman–Crippen LogP) is 13.4. The Labute approximate surface area is 358 Å². The average Bonchev–Trinajstić information content (AvgIpc) is 3.99. The van der Waals surface area contributed by atoms with Gasteiger partial charge in [-0.15, -0.1) is 0 Å². The number of fused-ring (bicyclic) bond motifs is 13. The molecule has 2 aliphatic carbocycles. The minimum Gasteiger partial charge on any atom is -0.292 e. The maximum atomic E-state index is 5.27. The molecule has 0 saturated heterocycles. The standard InChI is InChI=1S/C57H35N5/c1-3-16-38(17-4-1)53-52(58-51-34-32-36-15-7-14-26-50(36)62(51)53)37-27-29-40(30-28-37)55-59-54(39-18-5-2-6-19-39)60-56(61-55)41-31-33-45-44-22-10-13-25-48(44)57(49(45)35-41)46-23-11-8-20-42(46)43-21-9-12-24-47(43)57/h1-35H. The number of aromatic nitrogens is 5. The van der Waals surface area contributed by atoms with Crippen LogP contribution in [0.5, 0.6) is 0 Å². The zero-order valence-corrected chi connectivity index (χ0v) is 33.4.